The number of hydrogen-bond donors (Lipinski definition) is 4. The second kappa shape index (κ2) is 7.61. The zero-order valence-corrected chi connectivity index (χ0v) is 13.4. The van der Waals surface area contributed by atoms with E-state index in [-0.39, 0.29) is 5.91 Å². The summed E-state index contributed by atoms with van der Waals surface area (Å²) in [6.07, 6.45) is 0. The van der Waals surface area contributed by atoms with Crippen molar-refractivity contribution in [3.8, 4) is 16.2 Å². The maximum absolute atomic E-state index is 12.2. The molecule has 8 heteroatoms. The molecule has 0 bridgehead atoms. The van der Waals surface area contributed by atoms with Gasteiger partial charge in [0.1, 0.15) is 10.8 Å². The molecule has 0 aliphatic rings. The van der Waals surface area contributed by atoms with Gasteiger partial charge in [-0.2, -0.15) is 0 Å². The number of nitrogens with one attached hydrogen (secondary N) is 2. The van der Waals surface area contributed by atoms with E-state index in [0.29, 0.717) is 23.7 Å². The van der Waals surface area contributed by atoms with Gasteiger partial charge in [0, 0.05) is 18.0 Å². The monoisotopic (exact) mass is 334 g/mol. The molecule has 0 spiro atoms. The molecule has 0 unspecified atom stereocenters. The van der Waals surface area contributed by atoms with Crippen molar-refractivity contribution < 1.29 is 14.3 Å². The van der Waals surface area contributed by atoms with Gasteiger partial charge in [0.05, 0.1) is 12.7 Å². The lowest BCUT2D eigenvalue weighted by Gasteiger charge is -2.04. The Balaban J connectivity index is 2.34. The number of urea groups is 1. The minimum atomic E-state index is -0.721. The zero-order chi connectivity index (χ0) is 16.8. The maximum Gasteiger partial charge on any atom is 0.317 e. The van der Waals surface area contributed by atoms with Crippen LogP contribution in [0.5, 0.6) is 5.75 Å². The summed E-state index contributed by atoms with van der Waals surface area (Å²) in [7, 11) is 1.59. The summed E-state index contributed by atoms with van der Waals surface area (Å²) in [5, 5.41) is 5.56. The first kappa shape index (κ1) is 16.8. The average Bonchev–Trinajstić information content (AvgIpc) is 2.95. The molecule has 0 saturated heterocycles. The van der Waals surface area contributed by atoms with Crippen molar-refractivity contribution in [3.05, 3.63) is 35.9 Å². The molecule has 0 saturated carbocycles. The maximum atomic E-state index is 12.2. The van der Waals surface area contributed by atoms with Gasteiger partial charge in [0.15, 0.2) is 0 Å². The van der Waals surface area contributed by atoms with Crippen LogP contribution in [0.25, 0.3) is 10.4 Å². The molecule has 122 valence electrons. The van der Waals surface area contributed by atoms with Crippen molar-refractivity contribution in [2.75, 3.05) is 25.5 Å². The highest BCUT2D eigenvalue weighted by Crippen LogP contribution is 2.36. The third kappa shape index (κ3) is 4.21. The molecule has 0 aliphatic carbocycles. The molecular weight excluding hydrogens is 316 g/mol. The van der Waals surface area contributed by atoms with Crippen LogP contribution < -0.4 is 26.8 Å². The fourth-order valence-electron chi connectivity index (χ4n) is 1.94. The molecule has 0 aliphatic heterocycles. The zero-order valence-electron chi connectivity index (χ0n) is 12.6. The van der Waals surface area contributed by atoms with Gasteiger partial charge in [0.2, 0.25) is 0 Å². The molecule has 6 N–H and O–H groups in total. The number of carbonyl (C=O) groups is 2. The quantitative estimate of drug-likeness (QED) is 0.641. The lowest BCUT2D eigenvalue weighted by atomic mass is 10.1. The number of methoxy groups -OCH3 is 1. The van der Waals surface area contributed by atoms with Crippen LogP contribution in [0.15, 0.2) is 30.3 Å². The van der Waals surface area contributed by atoms with E-state index in [2.05, 4.69) is 10.6 Å². The van der Waals surface area contributed by atoms with Gasteiger partial charge < -0.3 is 21.5 Å². The Kier molecular flexibility index (Phi) is 5.56. The number of rotatable bonds is 6. The first-order valence-electron chi connectivity index (χ1n) is 6.88. The number of hydrogen-bond acceptors (Lipinski definition) is 5. The Bertz CT molecular complexity index is 697. The van der Waals surface area contributed by atoms with Gasteiger partial charge in [-0.25, -0.2) is 4.79 Å². The van der Waals surface area contributed by atoms with Crippen LogP contribution in [0.1, 0.15) is 10.4 Å². The van der Waals surface area contributed by atoms with E-state index in [0.717, 1.165) is 16.2 Å². The smallest absolute Gasteiger partial charge is 0.317 e. The number of anilines is 1. The summed E-state index contributed by atoms with van der Waals surface area (Å²) in [5.74, 6) is 0.428. The van der Waals surface area contributed by atoms with E-state index >= 15 is 0 Å². The molecule has 2 rings (SSSR count). The Morgan fingerprint density at radius 1 is 1.26 bits per heavy atom. The topological polar surface area (TPSA) is 119 Å². The van der Waals surface area contributed by atoms with Gasteiger partial charge in [-0.3, -0.25) is 10.1 Å². The summed E-state index contributed by atoms with van der Waals surface area (Å²) in [4.78, 5) is 24.1. The van der Waals surface area contributed by atoms with Gasteiger partial charge in [-0.15, -0.1) is 11.3 Å². The van der Waals surface area contributed by atoms with E-state index in [4.69, 9.17) is 16.2 Å². The Hall–Kier alpha value is -2.58. The number of nitrogens with two attached hydrogens (primary N) is 2. The van der Waals surface area contributed by atoms with Gasteiger partial charge in [-0.1, -0.05) is 0 Å². The van der Waals surface area contributed by atoms with Crippen LogP contribution in [0.4, 0.5) is 9.80 Å². The van der Waals surface area contributed by atoms with Crippen molar-refractivity contribution in [2.24, 2.45) is 11.5 Å². The number of ether oxygens (including phenoxy) is 1. The van der Waals surface area contributed by atoms with E-state index in [9.17, 15) is 9.59 Å². The molecular formula is C15H18N4O3S. The summed E-state index contributed by atoms with van der Waals surface area (Å²) in [5.41, 5.74) is 11.8. The minimum Gasteiger partial charge on any atom is -0.497 e. The SMILES string of the molecule is COc1ccc(-c2cc(C(=O)NCCN)c(NC(N)=O)s2)cc1. The van der Waals surface area contributed by atoms with E-state index in [1.165, 1.54) is 11.3 Å². The molecule has 2 aromatic rings. The van der Waals surface area contributed by atoms with E-state index < -0.39 is 6.03 Å². The number of primary amides is 1. The number of carbonyl (C=O) groups excluding carboxylic acids is 2. The lowest BCUT2D eigenvalue weighted by Crippen LogP contribution is -2.29. The standard InChI is InChI=1S/C15H18N4O3S/c1-22-10-4-2-9(3-5-10)12-8-11(13(20)18-7-6-16)14(23-12)19-15(17)21/h2-5,8H,6-7,16H2,1H3,(H,18,20)(H3,17,19,21). The molecule has 0 fully saturated rings. The van der Waals surface area contributed by atoms with Crippen molar-refractivity contribution >= 4 is 28.3 Å². The average molecular weight is 334 g/mol. The van der Waals surface area contributed by atoms with Crippen molar-refractivity contribution in [1.29, 1.82) is 0 Å². The Labute approximate surface area is 137 Å². The minimum absolute atomic E-state index is 0.310. The van der Waals surface area contributed by atoms with Gasteiger partial charge in [0.25, 0.3) is 5.91 Å². The largest absolute Gasteiger partial charge is 0.497 e. The molecule has 7 nitrogen and oxygen atoms in total. The first-order chi connectivity index (χ1) is 11.0. The van der Waals surface area contributed by atoms with Crippen molar-refractivity contribution in [3.63, 3.8) is 0 Å². The lowest BCUT2D eigenvalue weighted by molar-refractivity contribution is 0.0956. The summed E-state index contributed by atoms with van der Waals surface area (Å²) in [6.45, 7) is 0.683. The van der Waals surface area contributed by atoms with Crippen molar-refractivity contribution in [1.82, 2.24) is 5.32 Å². The highest BCUT2D eigenvalue weighted by Gasteiger charge is 2.17. The third-order valence-electron chi connectivity index (χ3n) is 3.02. The third-order valence-corrected chi connectivity index (χ3v) is 4.12. The second-order valence-electron chi connectivity index (χ2n) is 4.62. The van der Waals surface area contributed by atoms with Crippen LogP contribution in [0.2, 0.25) is 0 Å². The molecule has 1 aromatic carbocycles. The Morgan fingerprint density at radius 2 is 1.96 bits per heavy atom. The highest BCUT2D eigenvalue weighted by atomic mass is 32.1. The van der Waals surface area contributed by atoms with E-state index in [1.54, 1.807) is 13.2 Å². The number of amides is 3. The van der Waals surface area contributed by atoms with Crippen LogP contribution in [0, 0.1) is 0 Å². The van der Waals surface area contributed by atoms with Gasteiger partial charge >= 0.3 is 6.03 Å². The number of benzene rings is 1. The van der Waals surface area contributed by atoms with Crippen LogP contribution in [0.3, 0.4) is 0 Å². The Morgan fingerprint density at radius 3 is 2.52 bits per heavy atom. The fraction of sp³-hybridized carbons (Fsp3) is 0.200. The normalized spacial score (nSPS) is 10.2. The molecule has 1 heterocycles. The van der Waals surface area contributed by atoms with E-state index in [1.807, 2.05) is 24.3 Å². The molecule has 1 aromatic heterocycles. The molecule has 3 amide bonds. The first-order valence-corrected chi connectivity index (χ1v) is 7.69. The molecule has 0 atom stereocenters. The molecule has 23 heavy (non-hydrogen) atoms. The summed E-state index contributed by atoms with van der Waals surface area (Å²) >= 11 is 1.27. The summed E-state index contributed by atoms with van der Waals surface area (Å²) < 4.78 is 5.12. The van der Waals surface area contributed by atoms with Crippen LogP contribution in [-0.2, 0) is 0 Å². The van der Waals surface area contributed by atoms with Gasteiger partial charge in [-0.05, 0) is 35.9 Å². The highest BCUT2D eigenvalue weighted by molar-refractivity contribution is 7.20. The summed E-state index contributed by atoms with van der Waals surface area (Å²) in [6, 6.07) is 8.39. The number of thiophene rings is 1. The molecule has 0 radical (unpaired) electrons. The predicted octanol–water partition coefficient (Wildman–Crippen LogP) is 1.60. The fourth-order valence-corrected chi connectivity index (χ4v) is 3.01. The van der Waals surface area contributed by atoms with Crippen LogP contribution >= 0.6 is 11.3 Å². The second-order valence-corrected chi connectivity index (χ2v) is 5.67. The van der Waals surface area contributed by atoms with Crippen LogP contribution in [-0.4, -0.2) is 32.1 Å². The predicted molar refractivity (Wildman–Crippen MR) is 90.9 cm³/mol. The van der Waals surface area contributed by atoms with Crippen molar-refractivity contribution in [2.45, 2.75) is 0 Å².